The van der Waals surface area contributed by atoms with Gasteiger partial charge in [-0.15, -0.1) is 0 Å². The van der Waals surface area contributed by atoms with Crippen LogP contribution in [0.4, 0.5) is 0 Å². The molecule has 1 aromatic rings. The number of rotatable bonds is 0. The van der Waals surface area contributed by atoms with Crippen molar-refractivity contribution in [1.29, 1.82) is 0 Å². The number of hydrogen-bond donors (Lipinski definition) is 2. The van der Waals surface area contributed by atoms with Gasteiger partial charge < -0.3 is 10.4 Å². The lowest BCUT2D eigenvalue weighted by Gasteiger charge is -2.13. The second kappa shape index (κ2) is 2.10. The minimum Gasteiger partial charge on any atom is -0.506 e. The molecular weight excluding hydrogens is 144 g/mol. The van der Waals surface area contributed by atoms with Crippen LogP contribution >= 0.6 is 0 Å². The molecule has 58 valence electrons. The average Bonchev–Trinajstić information content (AvgIpc) is 2.31. The van der Waals surface area contributed by atoms with Gasteiger partial charge >= 0.3 is 0 Å². The quantitative estimate of drug-likeness (QED) is 0.547. The maximum atomic E-state index is 11.1. The Morgan fingerprint density at radius 2 is 2.36 bits per heavy atom. The van der Waals surface area contributed by atoms with Gasteiger partial charge in [0.2, 0.25) is 5.91 Å². The van der Waals surface area contributed by atoms with E-state index >= 15 is 0 Å². The van der Waals surface area contributed by atoms with E-state index in [0.29, 0.717) is 13.1 Å². The van der Waals surface area contributed by atoms with Crippen molar-refractivity contribution in [3.05, 3.63) is 18.0 Å². The Labute approximate surface area is 63.4 Å². The van der Waals surface area contributed by atoms with Crippen molar-refractivity contribution in [2.45, 2.75) is 6.54 Å². The third kappa shape index (κ3) is 0.914. The first-order valence-electron chi connectivity index (χ1n) is 3.41. The molecule has 4 heteroatoms. The molecule has 1 aliphatic rings. The van der Waals surface area contributed by atoms with Crippen LogP contribution in [0.2, 0.25) is 0 Å². The minimum absolute atomic E-state index is 0.0217. The van der Waals surface area contributed by atoms with Gasteiger partial charge in [0.1, 0.15) is 5.75 Å². The van der Waals surface area contributed by atoms with Crippen LogP contribution in [0, 0.1) is 0 Å². The first-order valence-corrected chi connectivity index (χ1v) is 3.41. The van der Waals surface area contributed by atoms with E-state index in [-0.39, 0.29) is 11.7 Å². The summed E-state index contributed by atoms with van der Waals surface area (Å²) in [5.74, 6) is 0.128. The minimum atomic E-state index is -0.0217. The van der Waals surface area contributed by atoms with Crippen molar-refractivity contribution >= 4 is 5.91 Å². The summed E-state index contributed by atoms with van der Waals surface area (Å²) in [4.78, 5) is 11.1. The van der Waals surface area contributed by atoms with Crippen molar-refractivity contribution in [3.63, 3.8) is 0 Å². The third-order valence-electron chi connectivity index (χ3n) is 1.74. The van der Waals surface area contributed by atoms with Crippen molar-refractivity contribution in [1.82, 2.24) is 9.88 Å². The summed E-state index contributed by atoms with van der Waals surface area (Å²) in [5, 5.41) is 12.0. The molecule has 2 heterocycles. The fourth-order valence-electron chi connectivity index (χ4n) is 1.24. The molecule has 0 saturated carbocycles. The van der Waals surface area contributed by atoms with Gasteiger partial charge in [-0.1, -0.05) is 0 Å². The van der Waals surface area contributed by atoms with Crippen molar-refractivity contribution in [3.8, 4) is 5.75 Å². The highest BCUT2D eigenvalue weighted by Gasteiger charge is 2.15. The van der Waals surface area contributed by atoms with Gasteiger partial charge in [-0.25, -0.2) is 0 Å². The van der Waals surface area contributed by atoms with E-state index in [1.807, 2.05) is 0 Å². The highest BCUT2D eigenvalue weighted by atomic mass is 16.3. The van der Waals surface area contributed by atoms with Crippen molar-refractivity contribution in [2.75, 3.05) is 6.54 Å². The molecule has 0 unspecified atom stereocenters. The SMILES string of the molecule is O=C1CNCc2cc(O)cn21. The monoisotopic (exact) mass is 152 g/mol. The Hall–Kier alpha value is -1.29. The van der Waals surface area contributed by atoms with E-state index in [1.165, 1.54) is 10.8 Å². The molecule has 2 rings (SSSR count). The van der Waals surface area contributed by atoms with Gasteiger partial charge in [0.05, 0.1) is 12.7 Å². The second-order valence-electron chi connectivity index (χ2n) is 2.56. The molecule has 0 amide bonds. The zero-order valence-electron chi connectivity index (χ0n) is 5.87. The first-order chi connectivity index (χ1) is 5.27. The van der Waals surface area contributed by atoms with Crippen LogP contribution in [0.15, 0.2) is 12.3 Å². The van der Waals surface area contributed by atoms with Crippen LogP contribution < -0.4 is 5.32 Å². The molecule has 0 aliphatic carbocycles. The van der Waals surface area contributed by atoms with Gasteiger partial charge in [-0.2, -0.15) is 0 Å². The molecule has 0 spiro atoms. The molecule has 4 nitrogen and oxygen atoms in total. The van der Waals surface area contributed by atoms with Gasteiger partial charge in [0.15, 0.2) is 0 Å². The molecule has 11 heavy (non-hydrogen) atoms. The van der Waals surface area contributed by atoms with Crippen LogP contribution in [0.25, 0.3) is 0 Å². The second-order valence-corrected chi connectivity index (χ2v) is 2.56. The lowest BCUT2D eigenvalue weighted by Crippen LogP contribution is -2.34. The predicted molar refractivity (Wildman–Crippen MR) is 38.4 cm³/mol. The molecule has 0 saturated heterocycles. The molecule has 1 aromatic heterocycles. The van der Waals surface area contributed by atoms with Gasteiger partial charge in [0, 0.05) is 18.3 Å². The topological polar surface area (TPSA) is 54.3 Å². The lowest BCUT2D eigenvalue weighted by molar-refractivity contribution is 0.0894. The number of carbonyl (C=O) groups is 1. The van der Waals surface area contributed by atoms with E-state index in [4.69, 9.17) is 5.11 Å². The Bertz CT molecular complexity index is 303. The summed E-state index contributed by atoms with van der Waals surface area (Å²) in [5.41, 5.74) is 0.818. The number of nitrogens with zero attached hydrogens (tertiary/aromatic N) is 1. The van der Waals surface area contributed by atoms with Crippen molar-refractivity contribution in [2.24, 2.45) is 0 Å². The smallest absolute Gasteiger partial charge is 0.244 e. The van der Waals surface area contributed by atoms with Crippen LogP contribution in [-0.2, 0) is 6.54 Å². The maximum Gasteiger partial charge on any atom is 0.244 e. The van der Waals surface area contributed by atoms with Crippen LogP contribution in [0.3, 0.4) is 0 Å². The molecule has 0 aromatic carbocycles. The first kappa shape index (κ1) is 6.42. The standard InChI is InChI=1S/C7H8N2O2/c10-6-1-5-2-8-3-7(11)9(5)4-6/h1,4,8,10H,2-3H2. The summed E-state index contributed by atoms with van der Waals surface area (Å²) in [6.07, 6.45) is 1.44. The zero-order valence-corrected chi connectivity index (χ0v) is 5.87. The van der Waals surface area contributed by atoms with Gasteiger partial charge in [-0.3, -0.25) is 9.36 Å². The van der Waals surface area contributed by atoms with E-state index < -0.39 is 0 Å². The molecule has 1 aliphatic heterocycles. The molecule has 0 atom stereocenters. The Morgan fingerprint density at radius 3 is 3.09 bits per heavy atom. The number of carbonyl (C=O) groups excluding carboxylic acids is 1. The molecule has 0 fully saturated rings. The Morgan fingerprint density at radius 1 is 1.55 bits per heavy atom. The summed E-state index contributed by atoms with van der Waals surface area (Å²) in [6, 6.07) is 1.59. The van der Waals surface area contributed by atoms with E-state index in [9.17, 15) is 4.79 Å². The normalized spacial score (nSPS) is 16.5. The van der Waals surface area contributed by atoms with Crippen molar-refractivity contribution < 1.29 is 9.90 Å². The Kier molecular flexibility index (Phi) is 1.22. The van der Waals surface area contributed by atoms with Gasteiger partial charge in [0.25, 0.3) is 0 Å². The van der Waals surface area contributed by atoms with Crippen LogP contribution in [-0.4, -0.2) is 22.1 Å². The molecule has 0 bridgehead atoms. The summed E-state index contributed by atoms with van der Waals surface area (Å²) in [7, 11) is 0. The maximum absolute atomic E-state index is 11.1. The van der Waals surface area contributed by atoms with Crippen LogP contribution in [0.5, 0.6) is 5.75 Å². The highest BCUT2D eigenvalue weighted by molar-refractivity contribution is 5.83. The van der Waals surface area contributed by atoms with Crippen LogP contribution in [0.1, 0.15) is 10.5 Å². The number of aromatic nitrogens is 1. The zero-order chi connectivity index (χ0) is 7.84. The molecule has 0 radical (unpaired) electrons. The number of hydrogen-bond acceptors (Lipinski definition) is 3. The summed E-state index contributed by atoms with van der Waals surface area (Å²) >= 11 is 0. The molecule has 2 N–H and O–H groups in total. The van der Waals surface area contributed by atoms with E-state index in [1.54, 1.807) is 6.07 Å². The Balaban J connectivity index is 2.52. The lowest BCUT2D eigenvalue weighted by atomic mass is 10.3. The number of fused-ring (bicyclic) bond motifs is 1. The highest BCUT2D eigenvalue weighted by Crippen LogP contribution is 2.15. The fraction of sp³-hybridized carbons (Fsp3) is 0.286. The van der Waals surface area contributed by atoms with E-state index in [0.717, 1.165) is 5.69 Å². The van der Waals surface area contributed by atoms with Gasteiger partial charge in [-0.05, 0) is 0 Å². The summed E-state index contributed by atoms with van der Waals surface area (Å²) < 4.78 is 1.48. The molecular formula is C7H8N2O2. The van der Waals surface area contributed by atoms with E-state index in [2.05, 4.69) is 5.32 Å². The number of nitrogens with one attached hydrogen (secondary N) is 1. The number of aromatic hydroxyl groups is 1. The fourth-order valence-corrected chi connectivity index (χ4v) is 1.24. The average molecular weight is 152 g/mol. The third-order valence-corrected chi connectivity index (χ3v) is 1.74. The predicted octanol–water partition coefficient (Wildman–Crippen LogP) is -0.0629. The summed E-state index contributed by atoms with van der Waals surface area (Å²) in [6.45, 7) is 0.993. The largest absolute Gasteiger partial charge is 0.506 e.